The molecular formula is C11H17N2O2. The van der Waals surface area contributed by atoms with Gasteiger partial charge in [0.1, 0.15) is 5.60 Å². The summed E-state index contributed by atoms with van der Waals surface area (Å²) in [6.45, 7) is 2.93. The molecule has 1 aliphatic carbocycles. The van der Waals surface area contributed by atoms with Crippen molar-refractivity contribution in [2.24, 2.45) is 0 Å². The largest absolute Gasteiger partial charge is 0.365 e. The highest BCUT2D eigenvalue weighted by atomic mass is 16.5. The first-order valence-corrected chi connectivity index (χ1v) is 5.71. The molecule has 83 valence electrons. The van der Waals surface area contributed by atoms with Crippen LogP contribution in [-0.2, 0) is 10.3 Å². The SMILES string of the molecule is CCCCOC1(c2n[c]no2)CCCC1. The standard InChI is InChI=1S/C11H17N2O2/c1-2-3-8-14-11(6-4-5-7-11)10-12-9-13-15-10/h2-8H2,1H3. The van der Waals surface area contributed by atoms with E-state index in [1.54, 1.807) is 0 Å². The lowest BCUT2D eigenvalue weighted by Crippen LogP contribution is -2.27. The minimum atomic E-state index is -0.303. The van der Waals surface area contributed by atoms with Crippen molar-refractivity contribution >= 4 is 0 Å². The van der Waals surface area contributed by atoms with E-state index in [4.69, 9.17) is 9.26 Å². The van der Waals surface area contributed by atoms with Crippen molar-refractivity contribution in [2.75, 3.05) is 6.61 Å². The van der Waals surface area contributed by atoms with Gasteiger partial charge >= 0.3 is 0 Å². The molecule has 0 N–H and O–H groups in total. The Labute approximate surface area is 90.0 Å². The first-order valence-electron chi connectivity index (χ1n) is 5.71. The van der Waals surface area contributed by atoms with Gasteiger partial charge in [0.15, 0.2) is 0 Å². The second kappa shape index (κ2) is 4.75. The molecule has 4 nitrogen and oxygen atoms in total. The summed E-state index contributed by atoms with van der Waals surface area (Å²) in [7, 11) is 0. The van der Waals surface area contributed by atoms with Gasteiger partial charge in [0.2, 0.25) is 6.33 Å². The highest BCUT2D eigenvalue weighted by Crippen LogP contribution is 2.41. The molecule has 0 aromatic carbocycles. The molecule has 1 aromatic rings. The van der Waals surface area contributed by atoms with Gasteiger partial charge in [0, 0.05) is 6.61 Å². The van der Waals surface area contributed by atoms with Gasteiger partial charge in [-0.05, 0) is 32.1 Å². The third-order valence-corrected chi connectivity index (χ3v) is 3.00. The topological polar surface area (TPSA) is 48.2 Å². The Morgan fingerprint density at radius 2 is 2.27 bits per heavy atom. The predicted octanol–water partition coefficient (Wildman–Crippen LogP) is 2.46. The zero-order valence-electron chi connectivity index (χ0n) is 9.16. The molecule has 4 heteroatoms. The van der Waals surface area contributed by atoms with Gasteiger partial charge in [-0.2, -0.15) is 4.98 Å². The summed E-state index contributed by atoms with van der Waals surface area (Å²) in [6.07, 6.45) is 9.04. The van der Waals surface area contributed by atoms with E-state index in [1.807, 2.05) is 0 Å². The number of hydrogen-bond donors (Lipinski definition) is 0. The molecule has 0 aliphatic heterocycles. The first kappa shape index (κ1) is 10.6. The molecule has 15 heavy (non-hydrogen) atoms. The minimum Gasteiger partial charge on any atom is -0.365 e. The number of aromatic nitrogens is 2. The van der Waals surface area contributed by atoms with E-state index in [0.29, 0.717) is 5.89 Å². The Morgan fingerprint density at radius 1 is 1.47 bits per heavy atom. The average molecular weight is 209 g/mol. The fourth-order valence-corrected chi connectivity index (χ4v) is 2.11. The zero-order valence-corrected chi connectivity index (χ0v) is 9.16. The van der Waals surface area contributed by atoms with Crippen LogP contribution in [0.2, 0.25) is 0 Å². The average Bonchev–Trinajstić information content (AvgIpc) is 2.89. The van der Waals surface area contributed by atoms with Gasteiger partial charge in [0.05, 0.1) is 0 Å². The molecule has 2 rings (SSSR count). The van der Waals surface area contributed by atoms with Crippen LogP contribution in [0.15, 0.2) is 4.52 Å². The Morgan fingerprint density at radius 3 is 2.87 bits per heavy atom. The number of rotatable bonds is 5. The number of ether oxygens (including phenoxy) is 1. The fourth-order valence-electron chi connectivity index (χ4n) is 2.11. The van der Waals surface area contributed by atoms with Crippen LogP contribution in [-0.4, -0.2) is 16.7 Å². The van der Waals surface area contributed by atoms with Gasteiger partial charge in [-0.15, -0.1) is 0 Å². The molecule has 0 unspecified atom stereocenters. The first-order chi connectivity index (χ1) is 7.37. The zero-order chi connectivity index (χ0) is 10.6. The van der Waals surface area contributed by atoms with Crippen LogP contribution < -0.4 is 0 Å². The lowest BCUT2D eigenvalue weighted by atomic mass is 10.0. The second-order valence-corrected chi connectivity index (χ2v) is 4.10. The molecule has 1 radical (unpaired) electrons. The van der Waals surface area contributed by atoms with Gasteiger partial charge in [0.25, 0.3) is 5.89 Å². The van der Waals surface area contributed by atoms with Crippen molar-refractivity contribution in [3.8, 4) is 0 Å². The molecule has 0 bridgehead atoms. The van der Waals surface area contributed by atoms with E-state index in [-0.39, 0.29) is 5.60 Å². The molecule has 0 amide bonds. The molecule has 1 aromatic heterocycles. The smallest absolute Gasteiger partial charge is 0.259 e. The summed E-state index contributed by atoms with van der Waals surface area (Å²) >= 11 is 0. The third kappa shape index (κ3) is 2.20. The number of hydrogen-bond acceptors (Lipinski definition) is 4. The van der Waals surface area contributed by atoms with Crippen molar-refractivity contribution in [1.82, 2.24) is 10.1 Å². The summed E-state index contributed by atoms with van der Waals surface area (Å²) in [5, 5.41) is 3.55. The van der Waals surface area contributed by atoms with Crippen LogP contribution in [0.25, 0.3) is 0 Å². The Bertz CT molecular complexity index is 279. The molecular weight excluding hydrogens is 192 g/mol. The molecule has 0 atom stereocenters. The van der Waals surface area contributed by atoms with E-state index in [1.165, 1.54) is 12.8 Å². The number of nitrogens with zero attached hydrogens (tertiary/aromatic N) is 2. The normalized spacial score (nSPS) is 19.5. The van der Waals surface area contributed by atoms with E-state index in [9.17, 15) is 0 Å². The Balaban J connectivity index is 2.04. The van der Waals surface area contributed by atoms with Gasteiger partial charge in [-0.25, -0.2) is 0 Å². The Kier molecular flexibility index (Phi) is 3.36. The van der Waals surface area contributed by atoms with Gasteiger partial charge < -0.3 is 9.26 Å². The van der Waals surface area contributed by atoms with Gasteiger partial charge in [-0.1, -0.05) is 18.5 Å². The second-order valence-electron chi connectivity index (χ2n) is 4.10. The quantitative estimate of drug-likeness (QED) is 0.699. The summed E-state index contributed by atoms with van der Waals surface area (Å²) in [4.78, 5) is 4.02. The summed E-state index contributed by atoms with van der Waals surface area (Å²) in [5.74, 6) is 0.608. The van der Waals surface area contributed by atoms with Crippen molar-refractivity contribution in [3.63, 3.8) is 0 Å². The van der Waals surface area contributed by atoms with E-state index >= 15 is 0 Å². The highest BCUT2D eigenvalue weighted by Gasteiger charge is 2.41. The van der Waals surface area contributed by atoms with Crippen LogP contribution in [0.5, 0.6) is 0 Å². The maximum atomic E-state index is 5.96. The van der Waals surface area contributed by atoms with E-state index < -0.39 is 0 Å². The maximum absolute atomic E-state index is 5.96. The molecule has 1 saturated carbocycles. The lowest BCUT2D eigenvalue weighted by molar-refractivity contribution is -0.0679. The number of unbranched alkanes of at least 4 members (excludes halogenated alkanes) is 1. The van der Waals surface area contributed by atoms with Crippen molar-refractivity contribution in [3.05, 3.63) is 12.2 Å². The lowest BCUT2D eigenvalue weighted by Gasteiger charge is -2.24. The van der Waals surface area contributed by atoms with Crippen molar-refractivity contribution in [1.29, 1.82) is 0 Å². The van der Waals surface area contributed by atoms with E-state index in [0.717, 1.165) is 32.3 Å². The molecule has 0 saturated heterocycles. The van der Waals surface area contributed by atoms with Crippen LogP contribution >= 0.6 is 0 Å². The summed E-state index contributed by atoms with van der Waals surface area (Å²) in [5.41, 5.74) is -0.303. The van der Waals surface area contributed by atoms with Crippen LogP contribution in [0.4, 0.5) is 0 Å². The monoisotopic (exact) mass is 209 g/mol. The molecule has 1 aliphatic rings. The summed E-state index contributed by atoms with van der Waals surface area (Å²) in [6, 6.07) is 0. The minimum absolute atomic E-state index is 0.303. The van der Waals surface area contributed by atoms with Crippen LogP contribution in [0, 0.1) is 6.33 Å². The maximum Gasteiger partial charge on any atom is 0.259 e. The van der Waals surface area contributed by atoms with E-state index in [2.05, 4.69) is 23.4 Å². The molecule has 0 spiro atoms. The highest BCUT2D eigenvalue weighted by molar-refractivity contribution is 4.99. The Hall–Kier alpha value is -0.900. The van der Waals surface area contributed by atoms with Crippen LogP contribution in [0.3, 0.4) is 0 Å². The van der Waals surface area contributed by atoms with Crippen molar-refractivity contribution < 1.29 is 9.26 Å². The van der Waals surface area contributed by atoms with Crippen molar-refractivity contribution in [2.45, 2.75) is 51.0 Å². The summed E-state index contributed by atoms with van der Waals surface area (Å²) < 4.78 is 11.1. The molecule has 1 fully saturated rings. The predicted molar refractivity (Wildman–Crippen MR) is 54.1 cm³/mol. The third-order valence-electron chi connectivity index (χ3n) is 3.00. The fraction of sp³-hybridized carbons (Fsp3) is 0.818. The van der Waals surface area contributed by atoms with Gasteiger partial charge in [-0.3, -0.25) is 0 Å². The van der Waals surface area contributed by atoms with Crippen LogP contribution in [0.1, 0.15) is 51.3 Å². The molecule has 1 heterocycles.